The lowest BCUT2D eigenvalue weighted by molar-refractivity contribution is 0.0520. The predicted molar refractivity (Wildman–Crippen MR) is 113 cm³/mol. The highest BCUT2D eigenvalue weighted by Gasteiger charge is 2.18. The summed E-state index contributed by atoms with van der Waals surface area (Å²) in [5, 5.41) is 8.21. The number of nitrogens with zero attached hydrogens (tertiary/aromatic N) is 3. The highest BCUT2D eigenvalue weighted by Crippen LogP contribution is 2.31. The summed E-state index contributed by atoms with van der Waals surface area (Å²) in [6, 6.07) is 16.3. The monoisotopic (exact) mass is 389 g/mol. The number of thiazole rings is 1. The average Bonchev–Trinajstić information content (AvgIpc) is 3.34. The van der Waals surface area contributed by atoms with E-state index in [1.807, 2.05) is 49.4 Å². The Kier molecular flexibility index (Phi) is 5.04. The van der Waals surface area contributed by atoms with E-state index in [0.717, 1.165) is 27.7 Å². The number of esters is 1. The summed E-state index contributed by atoms with van der Waals surface area (Å²) < 4.78 is 6.86. The van der Waals surface area contributed by atoms with Gasteiger partial charge in [-0.15, -0.1) is 11.3 Å². The van der Waals surface area contributed by atoms with Crippen LogP contribution in [0.5, 0.6) is 0 Å². The van der Waals surface area contributed by atoms with Gasteiger partial charge in [0.1, 0.15) is 5.69 Å². The quantitative estimate of drug-likeness (QED) is 0.431. The van der Waals surface area contributed by atoms with Gasteiger partial charge in [0.05, 0.1) is 12.1 Å². The number of allylic oxidation sites excluding steroid dienone is 1. The fraction of sp³-hybridized carbons (Fsp3) is 0.136. The molecule has 2 aromatic heterocycles. The van der Waals surface area contributed by atoms with Crippen LogP contribution in [-0.4, -0.2) is 27.3 Å². The Bertz CT molecular complexity index is 1160. The van der Waals surface area contributed by atoms with Crippen molar-refractivity contribution >= 4 is 34.3 Å². The number of hydrogen-bond donors (Lipinski definition) is 0. The predicted octanol–water partition coefficient (Wildman–Crippen LogP) is 5.36. The molecule has 4 aromatic rings. The number of benzene rings is 2. The van der Waals surface area contributed by atoms with Crippen LogP contribution < -0.4 is 0 Å². The van der Waals surface area contributed by atoms with Crippen LogP contribution in [0.3, 0.4) is 0 Å². The average molecular weight is 389 g/mol. The maximum atomic E-state index is 12.0. The molecule has 0 amide bonds. The molecule has 2 aromatic carbocycles. The lowest BCUT2D eigenvalue weighted by atomic mass is 10.1. The Hall–Kier alpha value is -3.25. The molecule has 0 saturated carbocycles. The molecule has 0 spiro atoms. The molecule has 0 aliphatic heterocycles. The highest BCUT2D eigenvalue weighted by molar-refractivity contribution is 7.12. The highest BCUT2D eigenvalue weighted by atomic mass is 32.1. The van der Waals surface area contributed by atoms with Crippen LogP contribution in [0.25, 0.3) is 33.4 Å². The summed E-state index contributed by atoms with van der Waals surface area (Å²) in [6.07, 6.45) is 4.05. The number of carbonyl (C=O) groups excluding carboxylic acids is 1. The van der Waals surface area contributed by atoms with E-state index < -0.39 is 5.97 Å². The lowest BCUT2D eigenvalue weighted by Crippen LogP contribution is -2.05. The molecule has 0 N–H and O–H groups in total. The molecule has 2 heterocycles. The molecule has 0 radical (unpaired) electrons. The first-order valence-electron chi connectivity index (χ1n) is 9.05. The number of fused-ring (bicyclic) bond motifs is 1. The largest absolute Gasteiger partial charge is 0.461 e. The van der Waals surface area contributed by atoms with Crippen LogP contribution in [0.4, 0.5) is 0 Å². The van der Waals surface area contributed by atoms with Crippen molar-refractivity contribution in [3.63, 3.8) is 0 Å². The summed E-state index contributed by atoms with van der Waals surface area (Å²) in [6.45, 7) is 4.09. The summed E-state index contributed by atoms with van der Waals surface area (Å²) in [5.41, 5.74) is 4.25. The van der Waals surface area contributed by atoms with Crippen LogP contribution in [0.15, 0.2) is 60.0 Å². The molecule has 6 heteroatoms. The second kappa shape index (κ2) is 7.78. The van der Waals surface area contributed by atoms with Gasteiger partial charge in [0.2, 0.25) is 5.13 Å². The second-order valence-corrected chi connectivity index (χ2v) is 6.98. The minimum atomic E-state index is -0.417. The number of hydrogen-bond acceptors (Lipinski definition) is 5. The number of ether oxygens (including phenoxy) is 1. The van der Waals surface area contributed by atoms with Crippen molar-refractivity contribution in [2.24, 2.45) is 0 Å². The van der Waals surface area contributed by atoms with Crippen LogP contribution in [0.2, 0.25) is 0 Å². The molecular formula is C22H19N3O2S. The van der Waals surface area contributed by atoms with Crippen molar-refractivity contribution < 1.29 is 9.53 Å². The van der Waals surface area contributed by atoms with E-state index in [1.165, 1.54) is 11.3 Å². The lowest BCUT2D eigenvalue weighted by Gasteiger charge is -2.00. The molecule has 140 valence electrons. The van der Waals surface area contributed by atoms with E-state index in [1.54, 1.807) is 17.0 Å². The van der Waals surface area contributed by atoms with Crippen LogP contribution in [0, 0.1) is 0 Å². The maximum Gasteiger partial charge on any atom is 0.357 e. The molecule has 4 rings (SSSR count). The molecule has 0 aliphatic carbocycles. The van der Waals surface area contributed by atoms with Crippen molar-refractivity contribution in [1.82, 2.24) is 14.8 Å². The number of rotatable bonds is 5. The second-order valence-electron chi connectivity index (χ2n) is 6.14. The molecular weight excluding hydrogens is 370 g/mol. The first-order chi connectivity index (χ1) is 13.7. The third-order valence-electron chi connectivity index (χ3n) is 4.27. The third kappa shape index (κ3) is 3.34. The van der Waals surface area contributed by atoms with Gasteiger partial charge in [-0.25, -0.2) is 14.5 Å². The van der Waals surface area contributed by atoms with E-state index in [0.29, 0.717) is 17.4 Å². The van der Waals surface area contributed by atoms with Gasteiger partial charge < -0.3 is 4.74 Å². The van der Waals surface area contributed by atoms with Crippen molar-refractivity contribution in [2.45, 2.75) is 13.8 Å². The fourth-order valence-corrected chi connectivity index (χ4v) is 3.80. The topological polar surface area (TPSA) is 57.0 Å². The molecule has 0 saturated heterocycles. The van der Waals surface area contributed by atoms with Gasteiger partial charge in [0, 0.05) is 16.3 Å². The molecule has 0 bridgehead atoms. The molecule has 0 unspecified atom stereocenters. The Balaban J connectivity index is 1.90. The first-order valence-corrected chi connectivity index (χ1v) is 9.93. The summed E-state index contributed by atoms with van der Waals surface area (Å²) >= 11 is 1.37. The summed E-state index contributed by atoms with van der Waals surface area (Å²) in [5.74, 6) is -0.417. The molecule has 28 heavy (non-hydrogen) atoms. The Morgan fingerprint density at radius 2 is 2.04 bits per heavy atom. The van der Waals surface area contributed by atoms with E-state index in [9.17, 15) is 4.79 Å². The molecule has 0 fully saturated rings. The van der Waals surface area contributed by atoms with Gasteiger partial charge in [-0.05, 0) is 31.5 Å². The van der Waals surface area contributed by atoms with E-state index >= 15 is 0 Å². The van der Waals surface area contributed by atoms with Gasteiger partial charge >= 0.3 is 5.97 Å². The molecule has 5 nitrogen and oxygen atoms in total. The zero-order valence-electron chi connectivity index (χ0n) is 15.6. The van der Waals surface area contributed by atoms with Gasteiger partial charge in [-0.2, -0.15) is 5.10 Å². The van der Waals surface area contributed by atoms with Crippen molar-refractivity contribution in [2.75, 3.05) is 6.61 Å². The zero-order valence-corrected chi connectivity index (χ0v) is 16.4. The first kappa shape index (κ1) is 18.1. The van der Waals surface area contributed by atoms with Crippen molar-refractivity contribution in [3.05, 3.63) is 71.2 Å². The standard InChI is InChI=1S/C22H19N3O2S/c1-3-8-15-11-12-17-19(13-15)25(24-20(17)16-9-6-5-7-10-16)22-23-18(14-28-22)21(26)27-4-2/h3,5-14H,4H2,1-2H3. The normalized spacial score (nSPS) is 11.4. The van der Waals surface area contributed by atoms with Crippen molar-refractivity contribution in [1.29, 1.82) is 0 Å². The smallest absolute Gasteiger partial charge is 0.357 e. The van der Waals surface area contributed by atoms with Gasteiger partial charge in [-0.1, -0.05) is 48.6 Å². The van der Waals surface area contributed by atoms with E-state index in [4.69, 9.17) is 9.84 Å². The fourth-order valence-electron chi connectivity index (χ4n) is 3.04. The Labute approximate surface area is 166 Å². The Morgan fingerprint density at radius 1 is 1.21 bits per heavy atom. The minimum absolute atomic E-state index is 0.302. The Morgan fingerprint density at radius 3 is 2.79 bits per heavy atom. The number of aromatic nitrogens is 3. The van der Waals surface area contributed by atoms with Gasteiger partial charge in [-0.3, -0.25) is 0 Å². The third-order valence-corrected chi connectivity index (χ3v) is 5.09. The summed E-state index contributed by atoms with van der Waals surface area (Å²) in [7, 11) is 0. The van der Waals surface area contributed by atoms with Crippen LogP contribution in [-0.2, 0) is 4.74 Å². The minimum Gasteiger partial charge on any atom is -0.461 e. The van der Waals surface area contributed by atoms with Gasteiger partial charge in [0.15, 0.2) is 5.69 Å². The van der Waals surface area contributed by atoms with Crippen molar-refractivity contribution in [3.8, 4) is 16.4 Å². The van der Waals surface area contributed by atoms with E-state index in [-0.39, 0.29) is 0 Å². The number of carbonyl (C=O) groups is 1. The molecule has 0 atom stereocenters. The SMILES string of the molecule is CC=Cc1ccc2c(-c3ccccc3)nn(-c3nc(C(=O)OCC)cs3)c2c1. The zero-order chi connectivity index (χ0) is 19.5. The van der Waals surface area contributed by atoms with Crippen LogP contribution >= 0.6 is 11.3 Å². The molecule has 0 aliphatic rings. The maximum absolute atomic E-state index is 12.0. The summed E-state index contributed by atoms with van der Waals surface area (Å²) in [4.78, 5) is 16.5. The van der Waals surface area contributed by atoms with Crippen LogP contribution in [0.1, 0.15) is 29.9 Å². The van der Waals surface area contributed by atoms with Gasteiger partial charge in [0.25, 0.3) is 0 Å². The van der Waals surface area contributed by atoms with E-state index in [2.05, 4.69) is 23.2 Å².